The third-order valence-electron chi connectivity index (χ3n) is 2.72. The molecule has 0 aliphatic heterocycles. The smallest absolute Gasteiger partial charge is 0.123 e. The van der Waals surface area contributed by atoms with Gasteiger partial charge >= 0.3 is 0 Å². The number of aryl methyl sites for hydroxylation is 1. The van der Waals surface area contributed by atoms with Crippen molar-refractivity contribution >= 4 is 0 Å². The second-order valence-electron chi connectivity index (χ2n) is 4.86. The summed E-state index contributed by atoms with van der Waals surface area (Å²) in [5, 5.41) is 3.51. The first-order valence-electron chi connectivity index (χ1n) is 6.04. The van der Waals surface area contributed by atoms with E-state index in [4.69, 9.17) is 4.74 Å². The van der Waals surface area contributed by atoms with Crippen LogP contribution in [0.25, 0.3) is 0 Å². The Morgan fingerprint density at radius 2 is 2.06 bits per heavy atom. The molecule has 0 spiro atoms. The van der Waals surface area contributed by atoms with Crippen molar-refractivity contribution in [3.05, 3.63) is 29.3 Å². The van der Waals surface area contributed by atoms with Crippen LogP contribution in [-0.4, -0.2) is 38.7 Å². The van der Waals surface area contributed by atoms with Crippen LogP contribution >= 0.6 is 0 Å². The summed E-state index contributed by atoms with van der Waals surface area (Å²) in [6.45, 7) is 6.18. The van der Waals surface area contributed by atoms with Gasteiger partial charge < -0.3 is 15.0 Å². The molecule has 0 fully saturated rings. The zero-order valence-electron chi connectivity index (χ0n) is 11.6. The fraction of sp³-hybridized carbons (Fsp3) is 0.571. The molecule has 0 saturated heterocycles. The van der Waals surface area contributed by atoms with E-state index in [1.807, 2.05) is 6.07 Å². The monoisotopic (exact) mass is 236 g/mol. The second-order valence-corrected chi connectivity index (χ2v) is 4.86. The molecule has 1 aromatic rings. The standard InChI is InChI=1S/C14H24N2O/c1-11-6-7-14(17-5)13(8-11)9-15-12(2)10-16(3)4/h6-8,12,15H,9-10H2,1-5H3. The van der Waals surface area contributed by atoms with Gasteiger partial charge in [0.05, 0.1) is 7.11 Å². The van der Waals surface area contributed by atoms with Crippen LogP contribution in [-0.2, 0) is 6.54 Å². The fourth-order valence-electron chi connectivity index (χ4n) is 1.94. The number of hydrogen-bond acceptors (Lipinski definition) is 3. The molecule has 0 aromatic heterocycles. The lowest BCUT2D eigenvalue weighted by Crippen LogP contribution is -2.35. The Morgan fingerprint density at radius 3 is 2.65 bits per heavy atom. The number of nitrogens with zero attached hydrogens (tertiary/aromatic N) is 1. The van der Waals surface area contributed by atoms with E-state index in [1.54, 1.807) is 7.11 Å². The molecule has 0 aliphatic carbocycles. The van der Waals surface area contributed by atoms with Crippen LogP contribution in [0, 0.1) is 6.92 Å². The van der Waals surface area contributed by atoms with E-state index in [-0.39, 0.29) is 0 Å². The molecule has 0 aliphatic rings. The summed E-state index contributed by atoms with van der Waals surface area (Å²) in [6, 6.07) is 6.75. The average molecular weight is 236 g/mol. The summed E-state index contributed by atoms with van der Waals surface area (Å²) in [5.74, 6) is 0.958. The fourth-order valence-corrected chi connectivity index (χ4v) is 1.94. The SMILES string of the molecule is COc1ccc(C)cc1CNC(C)CN(C)C. The van der Waals surface area contributed by atoms with Crippen molar-refractivity contribution in [3.8, 4) is 5.75 Å². The lowest BCUT2D eigenvalue weighted by atomic mass is 10.1. The molecular formula is C14H24N2O. The van der Waals surface area contributed by atoms with Crippen LogP contribution in [0.1, 0.15) is 18.1 Å². The Labute approximate surface area is 105 Å². The first-order valence-corrected chi connectivity index (χ1v) is 6.04. The summed E-state index contributed by atoms with van der Waals surface area (Å²) in [7, 11) is 5.90. The molecule has 0 amide bonds. The average Bonchev–Trinajstić information content (AvgIpc) is 2.25. The number of likely N-dealkylation sites (N-methyl/N-ethyl adjacent to an activating group) is 1. The van der Waals surface area contributed by atoms with Gasteiger partial charge in [0.25, 0.3) is 0 Å². The maximum Gasteiger partial charge on any atom is 0.123 e. The van der Waals surface area contributed by atoms with Crippen molar-refractivity contribution in [1.29, 1.82) is 0 Å². The van der Waals surface area contributed by atoms with Crippen molar-refractivity contribution < 1.29 is 4.74 Å². The first-order chi connectivity index (χ1) is 8.02. The highest BCUT2D eigenvalue weighted by Gasteiger charge is 2.06. The minimum absolute atomic E-state index is 0.468. The Kier molecular flexibility index (Phi) is 5.45. The largest absolute Gasteiger partial charge is 0.496 e. The first kappa shape index (κ1) is 14.0. The molecule has 0 heterocycles. The maximum atomic E-state index is 5.36. The summed E-state index contributed by atoms with van der Waals surface area (Å²) >= 11 is 0. The highest BCUT2D eigenvalue weighted by atomic mass is 16.5. The van der Waals surface area contributed by atoms with E-state index in [0.29, 0.717) is 6.04 Å². The lowest BCUT2D eigenvalue weighted by molar-refractivity contribution is 0.346. The molecule has 1 N–H and O–H groups in total. The van der Waals surface area contributed by atoms with Crippen LogP contribution in [0.3, 0.4) is 0 Å². The minimum atomic E-state index is 0.468. The Morgan fingerprint density at radius 1 is 1.35 bits per heavy atom. The van der Waals surface area contributed by atoms with Crippen LogP contribution < -0.4 is 10.1 Å². The molecule has 1 unspecified atom stereocenters. The molecule has 1 atom stereocenters. The minimum Gasteiger partial charge on any atom is -0.496 e. The van der Waals surface area contributed by atoms with Gasteiger partial charge in [-0.1, -0.05) is 17.7 Å². The topological polar surface area (TPSA) is 24.5 Å². The number of rotatable bonds is 6. The maximum absolute atomic E-state index is 5.36. The zero-order valence-corrected chi connectivity index (χ0v) is 11.6. The van der Waals surface area contributed by atoms with E-state index in [9.17, 15) is 0 Å². The van der Waals surface area contributed by atoms with E-state index in [0.717, 1.165) is 18.8 Å². The predicted molar refractivity (Wildman–Crippen MR) is 72.6 cm³/mol. The van der Waals surface area contributed by atoms with E-state index >= 15 is 0 Å². The Hall–Kier alpha value is -1.06. The van der Waals surface area contributed by atoms with Gasteiger partial charge in [-0.25, -0.2) is 0 Å². The van der Waals surface area contributed by atoms with Gasteiger partial charge in [0.1, 0.15) is 5.75 Å². The highest BCUT2D eigenvalue weighted by Crippen LogP contribution is 2.19. The van der Waals surface area contributed by atoms with Crippen molar-refractivity contribution in [2.75, 3.05) is 27.7 Å². The third kappa shape index (κ3) is 4.75. The van der Waals surface area contributed by atoms with Gasteiger partial charge in [-0.3, -0.25) is 0 Å². The Balaban J connectivity index is 2.58. The quantitative estimate of drug-likeness (QED) is 0.818. The van der Waals surface area contributed by atoms with Crippen molar-refractivity contribution in [2.24, 2.45) is 0 Å². The molecule has 17 heavy (non-hydrogen) atoms. The van der Waals surface area contributed by atoms with Crippen LogP contribution in [0.5, 0.6) is 5.75 Å². The highest BCUT2D eigenvalue weighted by molar-refractivity contribution is 5.36. The molecule has 0 radical (unpaired) electrons. The summed E-state index contributed by atoms with van der Waals surface area (Å²) in [5.41, 5.74) is 2.49. The Bertz CT molecular complexity index is 350. The molecule has 0 bridgehead atoms. The lowest BCUT2D eigenvalue weighted by Gasteiger charge is -2.19. The van der Waals surface area contributed by atoms with E-state index in [2.05, 4.69) is 50.3 Å². The van der Waals surface area contributed by atoms with E-state index in [1.165, 1.54) is 11.1 Å². The van der Waals surface area contributed by atoms with Crippen LogP contribution in [0.4, 0.5) is 0 Å². The van der Waals surface area contributed by atoms with Crippen LogP contribution in [0.2, 0.25) is 0 Å². The summed E-state index contributed by atoms with van der Waals surface area (Å²) in [6.07, 6.45) is 0. The number of nitrogens with one attached hydrogen (secondary N) is 1. The van der Waals surface area contributed by atoms with Crippen molar-refractivity contribution in [3.63, 3.8) is 0 Å². The summed E-state index contributed by atoms with van der Waals surface area (Å²) in [4.78, 5) is 2.19. The molecule has 96 valence electrons. The second kappa shape index (κ2) is 6.62. The number of methoxy groups -OCH3 is 1. The van der Waals surface area contributed by atoms with Crippen LogP contribution in [0.15, 0.2) is 18.2 Å². The molecule has 3 heteroatoms. The molecule has 1 rings (SSSR count). The van der Waals surface area contributed by atoms with Crippen molar-refractivity contribution in [1.82, 2.24) is 10.2 Å². The number of ether oxygens (including phenoxy) is 1. The zero-order chi connectivity index (χ0) is 12.8. The van der Waals surface area contributed by atoms with Gasteiger partial charge in [0, 0.05) is 24.7 Å². The van der Waals surface area contributed by atoms with E-state index < -0.39 is 0 Å². The van der Waals surface area contributed by atoms with Gasteiger partial charge in [-0.05, 0) is 34.0 Å². The third-order valence-corrected chi connectivity index (χ3v) is 2.72. The normalized spacial score (nSPS) is 12.8. The summed E-state index contributed by atoms with van der Waals surface area (Å²) < 4.78 is 5.36. The number of benzene rings is 1. The number of hydrogen-bond donors (Lipinski definition) is 1. The molecule has 1 aromatic carbocycles. The molecule has 3 nitrogen and oxygen atoms in total. The molecule has 0 saturated carbocycles. The van der Waals surface area contributed by atoms with Gasteiger partial charge in [-0.2, -0.15) is 0 Å². The van der Waals surface area contributed by atoms with Crippen molar-refractivity contribution in [2.45, 2.75) is 26.4 Å². The van der Waals surface area contributed by atoms with Gasteiger partial charge in [0.2, 0.25) is 0 Å². The molecular weight excluding hydrogens is 212 g/mol. The van der Waals surface area contributed by atoms with Gasteiger partial charge in [0.15, 0.2) is 0 Å². The van der Waals surface area contributed by atoms with Gasteiger partial charge in [-0.15, -0.1) is 0 Å². The predicted octanol–water partition coefficient (Wildman–Crippen LogP) is 2.04.